The molecule has 4 aromatic rings. The van der Waals surface area contributed by atoms with Crippen LogP contribution in [0.4, 0.5) is 5.69 Å². The van der Waals surface area contributed by atoms with E-state index in [-0.39, 0.29) is 5.91 Å². The summed E-state index contributed by atoms with van der Waals surface area (Å²) in [5.41, 5.74) is 5.42. The number of hydrogen-bond acceptors (Lipinski definition) is 2. The second-order valence-electron chi connectivity index (χ2n) is 7.00. The van der Waals surface area contributed by atoms with Gasteiger partial charge in [-0.3, -0.25) is 9.48 Å². The summed E-state index contributed by atoms with van der Waals surface area (Å²) in [5, 5.41) is 9.00. The van der Waals surface area contributed by atoms with E-state index in [4.69, 9.17) is 11.6 Å². The number of nitrogens with one attached hydrogen (secondary N) is 1. The van der Waals surface area contributed by atoms with Crippen LogP contribution in [0.3, 0.4) is 0 Å². The van der Waals surface area contributed by atoms with E-state index in [0.717, 1.165) is 33.5 Å². The van der Waals surface area contributed by atoms with Crippen molar-refractivity contribution in [2.45, 2.75) is 20.4 Å². The first kappa shape index (κ1) is 18.3. The minimum absolute atomic E-state index is 0.168. The van der Waals surface area contributed by atoms with Crippen molar-refractivity contribution in [2.75, 3.05) is 5.32 Å². The van der Waals surface area contributed by atoms with E-state index in [1.807, 2.05) is 78.7 Å². The normalized spacial score (nSPS) is 11.1. The number of aromatic nitrogens is 3. The van der Waals surface area contributed by atoms with Gasteiger partial charge in [0.05, 0.1) is 12.2 Å². The molecule has 0 bridgehead atoms. The molecular weight excluding hydrogens is 372 g/mol. The second kappa shape index (κ2) is 7.17. The molecule has 6 heteroatoms. The molecule has 2 aromatic carbocycles. The lowest BCUT2D eigenvalue weighted by atomic mass is 10.2. The lowest BCUT2D eigenvalue weighted by Gasteiger charge is -2.09. The number of benzene rings is 2. The van der Waals surface area contributed by atoms with Crippen LogP contribution < -0.4 is 5.32 Å². The van der Waals surface area contributed by atoms with Crippen molar-refractivity contribution in [2.24, 2.45) is 7.05 Å². The van der Waals surface area contributed by atoms with Gasteiger partial charge in [-0.1, -0.05) is 29.8 Å². The first-order chi connectivity index (χ1) is 13.4. The molecule has 0 fully saturated rings. The molecule has 28 heavy (non-hydrogen) atoms. The third-order valence-electron chi connectivity index (χ3n) is 4.89. The Kier molecular flexibility index (Phi) is 4.69. The maximum atomic E-state index is 12.9. The molecule has 0 spiro atoms. The van der Waals surface area contributed by atoms with E-state index in [1.165, 1.54) is 0 Å². The fraction of sp³-hybridized carbons (Fsp3) is 0.182. The van der Waals surface area contributed by atoms with Crippen LogP contribution in [0.15, 0.2) is 54.6 Å². The van der Waals surface area contributed by atoms with E-state index in [1.54, 1.807) is 0 Å². The predicted octanol–water partition coefficient (Wildman–Crippen LogP) is 4.95. The van der Waals surface area contributed by atoms with E-state index >= 15 is 0 Å². The summed E-state index contributed by atoms with van der Waals surface area (Å²) in [7, 11) is 1.87. The largest absolute Gasteiger partial charge is 0.340 e. The molecule has 0 saturated heterocycles. The fourth-order valence-corrected chi connectivity index (χ4v) is 3.72. The summed E-state index contributed by atoms with van der Waals surface area (Å²) >= 11 is 6.27. The highest BCUT2D eigenvalue weighted by atomic mass is 35.5. The number of aryl methyl sites for hydroxylation is 3. The molecule has 0 saturated carbocycles. The van der Waals surface area contributed by atoms with Crippen LogP contribution in [-0.4, -0.2) is 20.3 Å². The molecule has 0 aliphatic carbocycles. The van der Waals surface area contributed by atoms with Crippen molar-refractivity contribution >= 4 is 34.1 Å². The fourth-order valence-electron chi connectivity index (χ4n) is 3.49. The molecule has 1 amide bonds. The molecule has 1 N–H and O–H groups in total. The Morgan fingerprint density at radius 3 is 2.61 bits per heavy atom. The van der Waals surface area contributed by atoms with Gasteiger partial charge in [-0.2, -0.15) is 5.10 Å². The van der Waals surface area contributed by atoms with E-state index < -0.39 is 0 Å². The average Bonchev–Trinajstić information content (AvgIpc) is 3.15. The number of anilines is 1. The van der Waals surface area contributed by atoms with Gasteiger partial charge in [-0.05, 0) is 55.8 Å². The standard InChI is InChI=1S/C22H21ClN4O/c1-14-10-15(2)27(25-14)13-16-6-4-7-17(11-16)24-22(28)21-12-18-19(23)8-5-9-20(18)26(21)3/h4-12H,13H2,1-3H3,(H,24,28). The maximum Gasteiger partial charge on any atom is 0.272 e. The highest BCUT2D eigenvalue weighted by Gasteiger charge is 2.15. The summed E-state index contributed by atoms with van der Waals surface area (Å²) in [5.74, 6) is -0.168. The topological polar surface area (TPSA) is 51.9 Å². The Morgan fingerprint density at radius 1 is 1.11 bits per heavy atom. The minimum Gasteiger partial charge on any atom is -0.340 e. The summed E-state index contributed by atoms with van der Waals surface area (Å²) in [6, 6.07) is 17.4. The van der Waals surface area contributed by atoms with Gasteiger partial charge in [0, 0.05) is 34.4 Å². The van der Waals surface area contributed by atoms with E-state index in [2.05, 4.69) is 16.5 Å². The Hall–Kier alpha value is -3.05. The lowest BCUT2D eigenvalue weighted by Crippen LogP contribution is -2.15. The summed E-state index contributed by atoms with van der Waals surface area (Å²) in [4.78, 5) is 12.9. The van der Waals surface area contributed by atoms with Crippen LogP contribution in [0.25, 0.3) is 10.9 Å². The number of carbonyl (C=O) groups is 1. The summed E-state index contributed by atoms with van der Waals surface area (Å²) in [6.45, 7) is 4.68. The van der Waals surface area contributed by atoms with Crippen LogP contribution in [-0.2, 0) is 13.6 Å². The monoisotopic (exact) mass is 392 g/mol. The molecule has 0 aliphatic rings. The minimum atomic E-state index is -0.168. The van der Waals surface area contributed by atoms with Crippen LogP contribution in [0.1, 0.15) is 27.4 Å². The Labute approximate surface area is 168 Å². The highest BCUT2D eigenvalue weighted by molar-refractivity contribution is 6.35. The highest BCUT2D eigenvalue weighted by Crippen LogP contribution is 2.26. The zero-order valence-corrected chi connectivity index (χ0v) is 16.8. The third kappa shape index (κ3) is 3.41. The average molecular weight is 393 g/mol. The van der Waals surface area contributed by atoms with Crippen LogP contribution >= 0.6 is 11.6 Å². The Bertz CT molecular complexity index is 1190. The van der Waals surface area contributed by atoms with Gasteiger partial charge in [-0.25, -0.2) is 0 Å². The maximum absolute atomic E-state index is 12.9. The number of halogens is 1. The third-order valence-corrected chi connectivity index (χ3v) is 5.22. The molecule has 0 radical (unpaired) electrons. The van der Waals surface area contributed by atoms with Crippen molar-refractivity contribution in [1.82, 2.24) is 14.3 Å². The van der Waals surface area contributed by atoms with Gasteiger partial charge in [0.1, 0.15) is 5.69 Å². The molecule has 5 nitrogen and oxygen atoms in total. The number of amides is 1. The molecule has 0 aliphatic heterocycles. The Balaban J connectivity index is 1.58. The summed E-state index contributed by atoms with van der Waals surface area (Å²) < 4.78 is 3.82. The number of fused-ring (bicyclic) bond motifs is 1. The predicted molar refractivity (Wildman–Crippen MR) is 113 cm³/mol. The molecule has 0 atom stereocenters. The summed E-state index contributed by atoms with van der Waals surface area (Å²) in [6.07, 6.45) is 0. The molecule has 142 valence electrons. The van der Waals surface area contributed by atoms with E-state index in [0.29, 0.717) is 17.3 Å². The quantitative estimate of drug-likeness (QED) is 0.534. The van der Waals surface area contributed by atoms with Crippen molar-refractivity contribution < 1.29 is 4.79 Å². The molecule has 2 aromatic heterocycles. The lowest BCUT2D eigenvalue weighted by molar-refractivity contribution is 0.102. The molecule has 4 rings (SSSR count). The van der Waals surface area contributed by atoms with Crippen LogP contribution in [0.2, 0.25) is 5.02 Å². The van der Waals surface area contributed by atoms with Gasteiger partial charge in [0.15, 0.2) is 0 Å². The number of carbonyl (C=O) groups excluding carboxylic acids is 1. The number of hydrogen-bond donors (Lipinski definition) is 1. The van der Waals surface area contributed by atoms with Crippen molar-refractivity contribution in [3.8, 4) is 0 Å². The smallest absolute Gasteiger partial charge is 0.272 e. The van der Waals surface area contributed by atoms with Gasteiger partial charge in [0.25, 0.3) is 5.91 Å². The number of rotatable bonds is 4. The molecular formula is C22H21ClN4O. The van der Waals surface area contributed by atoms with Crippen molar-refractivity contribution in [3.63, 3.8) is 0 Å². The second-order valence-corrected chi connectivity index (χ2v) is 7.41. The SMILES string of the molecule is Cc1cc(C)n(Cc2cccc(NC(=O)c3cc4c(Cl)cccc4n3C)c2)n1. The zero-order chi connectivity index (χ0) is 19.8. The van der Waals surface area contributed by atoms with Crippen LogP contribution in [0.5, 0.6) is 0 Å². The van der Waals surface area contributed by atoms with Crippen molar-refractivity contribution in [1.29, 1.82) is 0 Å². The van der Waals surface area contributed by atoms with Gasteiger partial charge in [-0.15, -0.1) is 0 Å². The molecule has 2 heterocycles. The first-order valence-electron chi connectivity index (χ1n) is 9.07. The van der Waals surface area contributed by atoms with E-state index in [9.17, 15) is 4.79 Å². The Morgan fingerprint density at radius 2 is 1.89 bits per heavy atom. The number of nitrogens with zero attached hydrogens (tertiary/aromatic N) is 3. The van der Waals surface area contributed by atoms with Gasteiger partial charge < -0.3 is 9.88 Å². The zero-order valence-electron chi connectivity index (χ0n) is 16.0. The van der Waals surface area contributed by atoms with Gasteiger partial charge in [0.2, 0.25) is 0 Å². The first-order valence-corrected chi connectivity index (χ1v) is 9.45. The van der Waals surface area contributed by atoms with Crippen LogP contribution in [0, 0.1) is 13.8 Å². The van der Waals surface area contributed by atoms with Crippen molar-refractivity contribution in [3.05, 3.63) is 82.3 Å². The molecule has 0 unspecified atom stereocenters. The van der Waals surface area contributed by atoms with Gasteiger partial charge >= 0.3 is 0 Å².